The molecular formula is C18H29BrN2. The molecule has 0 radical (unpaired) electrons. The largest absolute Gasteiger partial charge is 0.373 e. The molecule has 1 aromatic rings. The quantitative estimate of drug-likeness (QED) is 0.756. The van der Waals surface area contributed by atoms with Crippen LogP contribution in [0.4, 0.5) is 5.69 Å². The molecule has 1 N–H and O–H groups in total. The number of benzene rings is 1. The minimum absolute atomic E-state index is 0.699. The molecule has 1 aromatic carbocycles. The van der Waals surface area contributed by atoms with Crippen molar-refractivity contribution < 1.29 is 0 Å². The zero-order valence-electron chi connectivity index (χ0n) is 13.7. The summed E-state index contributed by atoms with van der Waals surface area (Å²) in [6.45, 7) is 7.68. The van der Waals surface area contributed by atoms with Crippen LogP contribution in [0.2, 0.25) is 0 Å². The Morgan fingerprint density at radius 1 is 1.29 bits per heavy atom. The first-order chi connectivity index (χ1) is 10.1. The average molecular weight is 353 g/mol. The standard InChI is InChI=1S/C18H29BrN2/c1-14(2)11-20-12-16-8-9-18(17(19)10-16)21(3)13-15-6-4-5-7-15/h8-10,14-15,20H,4-7,11-13H2,1-3H3. The average Bonchev–Trinajstić information content (AvgIpc) is 2.91. The number of hydrogen-bond donors (Lipinski definition) is 1. The second kappa shape index (κ2) is 8.19. The van der Waals surface area contributed by atoms with Crippen LogP contribution < -0.4 is 10.2 Å². The van der Waals surface area contributed by atoms with Gasteiger partial charge in [-0.3, -0.25) is 0 Å². The first-order valence-electron chi connectivity index (χ1n) is 8.26. The summed E-state index contributed by atoms with van der Waals surface area (Å²) in [7, 11) is 2.22. The third-order valence-corrected chi connectivity index (χ3v) is 4.95. The van der Waals surface area contributed by atoms with Crippen LogP contribution in [0.25, 0.3) is 0 Å². The molecule has 1 saturated carbocycles. The Kier molecular flexibility index (Phi) is 6.56. The topological polar surface area (TPSA) is 15.3 Å². The third kappa shape index (κ3) is 5.30. The molecule has 1 aliphatic rings. The Balaban J connectivity index is 1.91. The summed E-state index contributed by atoms with van der Waals surface area (Å²) in [5.74, 6) is 1.58. The van der Waals surface area contributed by atoms with Crippen molar-refractivity contribution in [2.75, 3.05) is 25.0 Å². The number of rotatable bonds is 7. The lowest BCUT2D eigenvalue weighted by Crippen LogP contribution is -2.24. The lowest BCUT2D eigenvalue weighted by atomic mass is 10.1. The van der Waals surface area contributed by atoms with Crippen molar-refractivity contribution in [3.05, 3.63) is 28.2 Å². The predicted octanol–water partition coefficient (Wildman–Crippen LogP) is 4.82. The van der Waals surface area contributed by atoms with E-state index < -0.39 is 0 Å². The fourth-order valence-electron chi connectivity index (χ4n) is 3.15. The molecule has 0 atom stereocenters. The van der Waals surface area contributed by atoms with Crippen LogP contribution in [-0.4, -0.2) is 20.1 Å². The predicted molar refractivity (Wildman–Crippen MR) is 95.9 cm³/mol. The van der Waals surface area contributed by atoms with E-state index in [9.17, 15) is 0 Å². The van der Waals surface area contributed by atoms with E-state index >= 15 is 0 Å². The fraction of sp³-hybridized carbons (Fsp3) is 0.667. The smallest absolute Gasteiger partial charge is 0.0508 e. The monoisotopic (exact) mass is 352 g/mol. The normalized spacial score (nSPS) is 15.9. The van der Waals surface area contributed by atoms with Gasteiger partial charge in [-0.05, 0) is 64.8 Å². The number of hydrogen-bond acceptors (Lipinski definition) is 2. The summed E-state index contributed by atoms with van der Waals surface area (Å²) in [5, 5.41) is 3.50. The molecule has 1 aliphatic carbocycles. The van der Waals surface area contributed by atoms with Gasteiger partial charge in [0, 0.05) is 24.6 Å². The maximum atomic E-state index is 3.75. The summed E-state index contributed by atoms with van der Waals surface area (Å²) in [5.41, 5.74) is 2.66. The molecule has 0 heterocycles. The van der Waals surface area contributed by atoms with E-state index in [1.54, 1.807) is 0 Å². The van der Waals surface area contributed by atoms with Crippen LogP contribution in [0.3, 0.4) is 0 Å². The van der Waals surface area contributed by atoms with Gasteiger partial charge in [-0.2, -0.15) is 0 Å². The Hall–Kier alpha value is -0.540. The van der Waals surface area contributed by atoms with Crippen molar-refractivity contribution in [3.63, 3.8) is 0 Å². The Labute approximate surface area is 138 Å². The van der Waals surface area contributed by atoms with Gasteiger partial charge < -0.3 is 10.2 Å². The minimum Gasteiger partial charge on any atom is -0.373 e. The van der Waals surface area contributed by atoms with Gasteiger partial charge in [0.1, 0.15) is 0 Å². The third-order valence-electron chi connectivity index (χ3n) is 4.31. The lowest BCUT2D eigenvalue weighted by molar-refractivity contribution is 0.546. The molecule has 3 heteroatoms. The van der Waals surface area contributed by atoms with Gasteiger partial charge >= 0.3 is 0 Å². The molecule has 0 saturated heterocycles. The molecule has 0 unspecified atom stereocenters. The first-order valence-corrected chi connectivity index (χ1v) is 9.06. The van der Waals surface area contributed by atoms with E-state index in [2.05, 4.69) is 65.2 Å². The molecule has 0 bridgehead atoms. The summed E-state index contributed by atoms with van der Waals surface area (Å²) in [6.07, 6.45) is 5.64. The highest BCUT2D eigenvalue weighted by Crippen LogP contribution is 2.30. The fourth-order valence-corrected chi connectivity index (χ4v) is 3.88. The molecule has 0 aromatic heterocycles. The van der Waals surface area contributed by atoms with Gasteiger partial charge in [0.05, 0.1) is 5.69 Å². The van der Waals surface area contributed by atoms with E-state index in [1.165, 1.54) is 48.0 Å². The second-order valence-corrected chi connectivity index (χ2v) is 7.70. The zero-order valence-corrected chi connectivity index (χ0v) is 15.2. The number of halogens is 1. The Bertz CT molecular complexity index is 439. The maximum absolute atomic E-state index is 3.75. The summed E-state index contributed by atoms with van der Waals surface area (Å²) < 4.78 is 1.21. The van der Waals surface area contributed by atoms with Gasteiger partial charge in [0.25, 0.3) is 0 Å². The Morgan fingerprint density at radius 3 is 2.62 bits per heavy atom. The van der Waals surface area contributed by atoms with Crippen LogP contribution in [0.5, 0.6) is 0 Å². The van der Waals surface area contributed by atoms with E-state index in [0.717, 1.165) is 19.0 Å². The van der Waals surface area contributed by atoms with E-state index in [-0.39, 0.29) is 0 Å². The number of anilines is 1. The van der Waals surface area contributed by atoms with E-state index in [4.69, 9.17) is 0 Å². The van der Waals surface area contributed by atoms with Gasteiger partial charge in [-0.1, -0.05) is 32.8 Å². The van der Waals surface area contributed by atoms with Crippen molar-refractivity contribution in [3.8, 4) is 0 Å². The van der Waals surface area contributed by atoms with Gasteiger partial charge in [-0.25, -0.2) is 0 Å². The first kappa shape index (κ1) is 16.8. The molecular weight excluding hydrogens is 324 g/mol. The highest BCUT2D eigenvalue weighted by molar-refractivity contribution is 9.10. The molecule has 2 rings (SSSR count). The van der Waals surface area contributed by atoms with Crippen LogP contribution >= 0.6 is 15.9 Å². The van der Waals surface area contributed by atoms with Crippen LogP contribution in [0.15, 0.2) is 22.7 Å². The maximum Gasteiger partial charge on any atom is 0.0508 e. The number of nitrogens with one attached hydrogen (secondary N) is 1. The van der Waals surface area contributed by atoms with Crippen molar-refractivity contribution >= 4 is 21.6 Å². The van der Waals surface area contributed by atoms with E-state index in [0.29, 0.717) is 5.92 Å². The molecule has 0 amide bonds. The minimum atomic E-state index is 0.699. The molecule has 2 nitrogen and oxygen atoms in total. The molecule has 1 fully saturated rings. The number of nitrogens with zero attached hydrogens (tertiary/aromatic N) is 1. The van der Waals surface area contributed by atoms with E-state index in [1.807, 2.05) is 0 Å². The Morgan fingerprint density at radius 2 is 2.00 bits per heavy atom. The summed E-state index contributed by atoms with van der Waals surface area (Å²) in [6, 6.07) is 6.76. The highest BCUT2D eigenvalue weighted by Gasteiger charge is 2.18. The van der Waals surface area contributed by atoms with Crippen molar-refractivity contribution in [1.29, 1.82) is 0 Å². The zero-order chi connectivity index (χ0) is 15.2. The molecule has 21 heavy (non-hydrogen) atoms. The van der Waals surface area contributed by atoms with Crippen LogP contribution in [0, 0.1) is 11.8 Å². The summed E-state index contributed by atoms with van der Waals surface area (Å²) in [4.78, 5) is 2.41. The van der Waals surface area contributed by atoms with Crippen molar-refractivity contribution in [1.82, 2.24) is 5.32 Å². The van der Waals surface area contributed by atoms with Crippen molar-refractivity contribution in [2.45, 2.75) is 46.1 Å². The molecule has 118 valence electrons. The SMILES string of the molecule is CC(C)CNCc1ccc(N(C)CC2CCCC2)c(Br)c1. The lowest BCUT2D eigenvalue weighted by Gasteiger charge is -2.24. The van der Waals surface area contributed by atoms with Gasteiger partial charge in [0.15, 0.2) is 0 Å². The van der Waals surface area contributed by atoms with Crippen LogP contribution in [0.1, 0.15) is 45.1 Å². The summed E-state index contributed by atoms with van der Waals surface area (Å²) >= 11 is 3.75. The molecule has 0 aliphatic heterocycles. The molecule has 0 spiro atoms. The second-order valence-electron chi connectivity index (χ2n) is 6.84. The van der Waals surface area contributed by atoms with Crippen molar-refractivity contribution in [2.24, 2.45) is 11.8 Å². The van der Waals surface area contributed by atoms with Crippen LogP contribution in [-0.2, 0) is 6.54 Å². The highest BCUT2D eigenvalue weighted by atomic mass is 79.9. The van der Waals surface area contributed by atoms with Gasteiger partial charge in [-0.15, -0.1) is 0 Å². The van der Waals surface area contributed by atoms with Gasteiger partial charge in [0.2, 0.25) is 0 Å².